The Morgan fingerprint density at radius 2 is 2.09 bits per heavy atom. The van der Waals surface area contributed by atoms with Crippen LogP contribution in [0.1, 0.15) is 50.5 Å². The maximum Gasteiger partial charge on any atom is 0.230 e. The summed E-state index contributed by atoms with van der Waals surface area (Å²) in [5.74, 6) is 1.45. The summed E-state index contributed by atoms with van der Waals surface area (Å²) in [6, 6.07) is 3.99. The highest BCUT2D eigenvalue weighted by atomic mass is 16.4. The topological polar surface area (TPSA) is 75.3 Å². The molecule has 0 radical (unpaired) electrons. The van der Waals surface area contributed by atoms with E-state index in [1.807, 2.05) is 32.2 Å². The zero-order valence-corrected chi connectivity index (χ0v) is 13.4. The van der Waals surface area contributed by atoms with Crippen molar-refractivity contribution in [3.8, 4) is 0 Å². The molecule has 22 heavy (non-hydrogen) atoms. The average Bonchev–Trinajstić information content (AvgIpc) is 2.98. The van der Waals surface area contributed by atoms with Crippen LogP contribution in [0.5, 0.6) is 0 Å². The molecule has 0 amide bonds. The molecule has 0 aromatic carbocycles. The van der Waals surface area contributed by atoms with Crippen LogP contribution < -0.4 is 0 Å². The van der Waals surface area contributed by atoms with Gasteiger partial charge in [-0.3, -0.25) is 9.88 Å². The molecule has 0 fully saturated rings. The van der Waals surface area contributed by atoms with Gasteiger partial charge in [0, 0.05) is 30.9 Å². The fraction of sp³-hybridized carbons (Fsp3) is 0.562. The molecule has 0 saturated heterocycles. The Labute approximate surface area is 131 Å². The zero-order valence-electron chi connectivity index (χ0n) is 13.4. The first-order valence-electron chi connectivity index (χ1n) is 7.70. The molecule has 2 rings (SSSR count). The molecular formula is C16H24N4O2. The molecule has 0 aliphatic heterocycles. The van der Waals surface area contributed by atoms with Crippen LogP contribution in [0, 0.1) is 0 Å². The van der Waals surface area contributed by atoms with Gasteiger partial charge in [0.2, 0.25) is 11.8 Å². The summed E-state index contributed by atoms with van der Waals surface area (Å²) in [6.07, 6.45) is 4.44. The SMILES string of the molecule is CCC(CO)N(Cc1cccnc1)Cc1nnc(C(C)C)o1. The fourth-order valence-electron chi connectivity index (χ4n) is 2.28. The van der Waals surface area contributed by atoms with Gasteiger partial charge in [-0.2, -0.15) is 0 Å². The van der Waals surface area contributed by atoms with Gasteiger partial charge in [0.05, 0.1) is 13.2 Å². The minimum Gasteiger partial charge on any atom is -0.424 e. The minimum atomic E-state index is 0.0506. The van der Waals surface area contributed by atoms with Crippen LogP contribution in [0.2, 0.25) is 0 Å². The van der Waals surface area contributed by atoms with E-state index >= 15 is 0 Å². The van der Waals surface area contributed by atoms with E-state index in [0.29, 0.717) is 24.9 Å². The molecule has 6 nitrogen and oxygen atoms in total. The summed E-state index contributed by atoms with van der Waals surface area (Å²) in [5, 5.41) is 17.8. The molecule has 6 heteroatoms. The van der Waals surface area contributed by atoms with Crippen molar-refractivity contribution in [3.63, 3.8) is 0 Å². The summed E-state index contributed by atoms with van der Waals surface area (Å²) in [7, 11) is 0. The lowest BCUT2D eigenvalue weighted by molar-refractivity contribution is 0.0975. The molecule has 0 bridgehead atoms. The largest absolute Gasteiger partial charge is 0.424 e. The first-order chi connectivity index (χ1) is 10.6. The van der Waals surface area contributed by atoms with E-state index in [9.17, 15) is 5.11 Å². The van der Waals surface area contributed by atoms with Crippen LogP contribution in [0.25, 0.3) is 0 Å². The van der Waals surface area contributed by atoms with Crippen LogP contribution in [0.3, 0.4) is 0 Å². The van der Waals surface area contributed by atoms with Crippen LogP contribution in [0.15, 0.2) is 28.9 Å². The van der Waals surface area contributed by atoms with E-state index < -0.39 is 0 Å². The maximum absolute atomic E-state index is 9.62. The van der Waals surface area contributed by atoms with Gasteiger partial charge < -0.3 is 9.52 Å². The summed E-state index contributed by atoms with van der Waals surface area (Å²) >= 11 is 0. The van der Waals surface area contributed by atoms with Crippen molar-refractivity contribution in [2.75, 3.05) is 6.61 Å². The minimum absolute atomic E-state index is 0.0506. The Balaban J connectivity index is 2.13. The van der Waals surface area contributed by atoms with E-state index in [2.05, 4.69) is 27.0 Å². The molecule has 1 N–H and O–H groups in total. The van der Waals surface area contributed by atoms with E-state index in [1.54, 1.807) is 6.20 Å². The number of nitrogens with zero attached hydrogens (tertiary/aromatic N) is 4. The van der Waals surface area contributed by atoms with Crippen LogP contribution in [-0.2, 0) is 13.1 Å². The van der Waals surface area contributed by atoms with Gasteiger partial charge >= 0.3 is 0 Å². The van der Waals surface area contributed by atoms with Crippen molar-refractivity contribution < 1.29 is 9.52 Å². The molecule has 0 aliphatic carbocycles. The zero-order chi connectivity index (χ0) is 15.9. The lowest BCUT2D eigenvalue weighted by Gasteiger charge is -2.28. The van der Waals surface area contributed by atoms with Gasteiger partial charge in [0.1, 0.15) is 0 Å². The molecule has 2 aromatic heterocycles. The number of pyridine rings is 1. The highest BCUT2D eigenvalue weighted by molar-refractivity contribution is 5.08. The lowest BCUT2D eigenvalue weighted by Crippen LogP contribution is -2.36. The van der Waals surface area contributed by atoms with Crippen LogP contribution in [-0.4, -0.2) is 37.8 Å². The van der Waals surface area contributed by atoms with Crippen molar-refractivity contribution in [2.24, 2.45) is 0 Å². The molecule has 120 valence electrons. The van der Waals surface area contributed by atoms with Crippen molar-refractivity contribution >= 4 is 0 Å². The maximum atomic E-state index is 9.62. The predicted octanol–water partition coefficient (Wildman–Crippen LogP) is 2.36. The van der Waals surface area contributed by atoms with E-state index in [0.717, 1.165) is 12.0 Å². The highest BCUT2D eigenvalue weighted by Crippen LogP contribution is 2.17. The van der Waals surface area contributed by atoms with Crippen molar-refractivity contribution in [1.29, 1.82) is 0 Å². The van der Waals surface area contributed by atoms with Crippen molar-refractivity contribution in [2.45, 2.75) is 52.2 Å². The molecule has 2 aromatic rings. The van der Waals surface area contributed by atoms with Gasteiger partial charge in [-0.05, 0) is 18.1 Å². The van der Waals surface area contributed by atoms with Gasteiger partial charge in [0.25, 0.3) is 0 Å². The summed E-state index contributed by atoms with van der Waals surface area (Å²) in [5.41, 5.74) is 1.10. The van der Waals surface area contributed by atoms with Crippen molar-refractivity contribution in [1.82, 2.24) is 20.1 Å². The van der Waals surface area contributed by atoms with Crippen LogP contribution >= 0.6 is 0 Å². The van der Waals surface area contributed by atoms with E-state index in [4.69, 9.17) is 4.42 Å². The standard InChI is InChI=1S/C16H24N4O2/c1-4-14(11-21)20(9-13-6-5-7-17-8-13)10-15-18-19-16(22-15)12(2)3/h5-8,12,14,21H,4,9-11H2,1-3H3. The lowest BCUT2D eigenvalue weighted by atomic mass is 10.1. The normalized spacial score (nSPS) is 13.0. The molecule has 1 unspecified atom stereocenters. The molecule has 2 heterocycles. The second-order valence-electron chi connectivity index (χ2n) is 5.70. The fourth-order valence-corrected chi connectivity index (χ4v) is 2.28. The predicted molar refractivity (Wildman–Crippen MR) is 83.0 cm³/mol. The molecule has 0 aliphatic rings. The second-order valence-corrected chi connectivity index (χ2v) is 5.70. The summed E-state index contributed by atoms with van der Waals surface area (Å²) < 4.78 is 5.69. The van der Waals surface area contributed by atoms with Crippen LogP contribution in [0.4, 0.5) is 0 Å². The van der Waals surface area contributed by atoms with Gasteiger partial charge in [-0.1, -0.05) is 26.8 Å². The van der Waals surface area contributed by atoms with E-state index in [-0.39, 0.29) is 18.6 Å². The number of hydrogen-bond acceptors (Lipinski definition) is 6. The highest BCUT2D eigenvalue weighted by Gasteiger charge is 2.20. The molecule has 0 saturated carbocycles. The smallest absolute Gasteiger partial charge is 0.230 e. The number of aromatic nitrogens is 3. The second kappa shape index (κ2) is 8.00. The third kappa shape index (κ3) is 4.35. The number of rotatable bonds is 8. The molecular weight excluding hydrogens is 280 g/mol. The number of aliphatic hydroxyl groups excluding tert-OH is 1. The molecule has 1 atom stereocenters. The monoisotopic (exact) mass is 304 g/mol. The first-order valence-corrected chi connectivity index (χ1v) is 7.70. The Morgan fingerprint density at radius 1 is 1.27 bits per heavy atom. The summed E-state index contributed by atoms with van der Waals surface area (Å²) in [6.45, 7) is 7.41. The molecule has 0 spiro atoms. The quantitative estimate of drug-likeness (QED) is 0.807. The Morgan fingerprint density at radius 3 is 2.64 bits per heavy atom. The Bertz CT molecular complexity index is 552. The van der Waals surface area contributed by atoms with Gasteiger partial charge in [-0.25, -0.2) is 0 Å². The summed E-state index contributed by atoms with van der Waals surface area (Å²) in [4.78, 5) is 6.29. The Hall–Kier alpha value is -1.79. The van der Waals surface area contributed by atoms with Gasteiger partial charge in [-0.15, -0.1) is 10.2 Å². The third-order valence-electron chi connectivity index (χ3n) is 3.62. The number of aliphatic hydroxyl groups is 1. The number of hydrogen-bond donors (Lipinski definition) is 1. The average molecular weight is 304 g/mol. The van der Waals surface area contributed by atoms with Crippen molar-refractivity contribution in [3.05, 3.63) is 41.9 Å². The van der Waals surface area contributed by atoms with E-state index in [1.165, 1.54) is 0 Å². The Kier molecular flexibility index (Phi) is 6.03. The first kappa shape index (κ1) is 16.6. The van der Waals surface area contributed by atoms with Gasteiger partial charge in [0.15, 0.2) is 0 Å². The third-order valence-corrected chi connectivity index (χ3v) is 3.62.